The molecule has 0 unspecified atom stereocenters. The third kappa shape index (κ3) is 3.74. The normalized spacial score (nSPS) is 11.1. The summed E-state index contributed by atoms with van der Waals surface area (Å²) in [6.07, 6.45) is 7.27. The number of benzene rings is 1. The molecule has 0 radical (unpaired) electrons. The van der Waals surface area contributed by atoms with Gasteiger partial charge in [0.25, 0.3) is 0 Å². The first kappa shape index (κ1) is 17.8. The van der Waals surface area contributed by atoms with Crippen molar-refractivity contribution in [1.82, 2.24) is 34.3 Å². The highest BCUT2D eigenvalue weighted by molar-refractivity contribution is 5.55. The van der Waals surface area contributed by atoms with Crippen LogP contribution in [0.2, 0.25) is 0 Å². The minimum absolute atomic E-state index is 0.101. The van der Waals surface area contributed by atoms with Gasteiger partial charge in [0.15, 0.2) is 5.82 Å². The van der Waals surface area contributed by atoms with Gasteiger partial charge in [-0.15, -0.1) is 0 Å². The molecule has 0 amide bonds. The molecule has 4 rings (SSSR count). The van der Waals surface area contributed by atoms with Crippen LogP contribution in [0.1, 0.15) is 11.3 Å². The van der Waals surface area contributed by atoms with Crippen molar-refractivity contribution in [2.24, 2.45) is 12.8 Å². The maximum atomic E-state index is 12.3. The third-order valence-corrected chi connectivity index (χ3v) is 4.29. The maximum Gasteiger partial charge on any atom is 0.203 e. The lowest BCUT2D eigenvalue weighted by Crippen LogP contribution is -2.16. The second-order valence-electron chi connectivity index (χ2n) is 6.44. The van der Waals surface area contributed by atoms with E-state index in [-0.39, 0.29) is 5.43 Å². The van der Waals surface area contributed by atoms with Crippen LogP contribution in [0.15, 0.2) is 60.0 Å². The summed E-state index contributed by atoms with van der Waals surface area (Å²) in [4.78, 5) is 16.6. The van der Waals surface area contributed by atoms with Crippen molar-refractivity contribution in [3.8, 4) is 17.1 Å². The van der Waals surface area contributed by atoms with E-state index < -0.39 is 0 Å². The minimum Gasteiger partial charge on any atom is -0.329 e. The molecule has 0 spiro atoms. The molecule has 9 nitrogen and oxygen atoms in total. The van der Waals surface area contributed by atoms with Crippen LogP contribution < -0.4 is 11.2 Å². The second-order valence-corrected chi connectivity index (χ2v) is 6.44. The Hall–Kier alpha value is -3.59. The van der Waals surface area contributed by atoms with Gasteiger partial charge in [0.2, 0.25) is 5.43 Å². The summed E-state index contributed by atoms with van der Waals surface area (Å²) < 4.78 is 5.06. The van der Waals surface area contributed by atoms with E-state index in [2.05, 4.69) is 20.3 Å². The Bertz CT molecular complexity index is 1160. The molecule has 142 valence electrons. The van der Waals surface area contributed by atoms with Crippen LogP contribution >= 0.6 is 0 Å². The SMILES string of the molecule is Cn1cc(-n2ccc(=O)c(Cc3cccc(-c4ncn(CCN)n4)c3)n2)cn1. The fourth-order valence-corrected chi connectivity index (χ4v) is 2.92. The summed E-state index contributed by atoms with van der Waals surface area (Å²) >= 11 is 0. The molecule has 3 heterocycles. The fourth-order valence-electron chi connectivity index (χ4n) is 2.92. The molecule has 0 saturated heterocycles. The van der Waals surface area contributed by atoms with Crippen molar-refractivity contribution in [3.63, 3.8) is 0 Å². The Morgan fingerprint density at radius 3 is 2.86 bits per heavy atom. The van der Waals surface area contributed by atoms with Gasteiger partial charge in [0.1, 0.15) is 17.7 Å². The van der Waals surface area contributed by atoms with Gasteiger partial charge >= 0.3 is 0 Å². The molecular weight excluding hydrogens is 356 g/mol. The standard InChI is InChI=1S/C19H20N8O/c1-25-12-16(11-22-25)27-7-5-18(28)17(23-27)10-14-3-2-4-15(9-14)19-21-13-26(24-19)8-6-20/h2-5,7,9,11-13H,6,8,10,20H2,1H3. The summed E-state index contributed by atoms with van der Waals surface area (Å²) in [7, 11) is 1.83. The maximum absolute atomic E-state index is 12.3. The number of nitrogens with zero attached hydrogens (tertiary/aromatic N) is 7. The molecular formula is C19H20N8O. The molecule has 0 saturated carbocycles. The summed E-state index contributed by atoms with van der Waals surface area (Å²) in [5, 5.41) is 13.1. The van der Waals surface area contributed by atoms with Crippen molar-refractivity contribution in [2.75, 3.05) is 6.54 Å². The van der Waals surface area contributed by atoms with Crippen LogP contribution in [-0.4, -0.2) is 40.9 Å². The Balaban J connectivity index is 1.61. The molecule has 0 atom stereocenters. The van der Waals surface area contributed by atoms with E-state index in [4.69, 9.17) is 5.73 Å². The quantitative estimate of drug-likeness (QED) is 0.532. The monoisotopic (exact) mass is 376 g/mol. The van der Waals surface area contributed by atoms with E-state index in [1.54, 1.807) is 32.8 Å². The van der Waals surface area contributed by atoms with E-state index in [0.717, 1.165) is 16.8 Å². The number of hydrogen-bond donors (Lipinski definition) is 1. The van der Waals surface area contributed by atoms with Gasteiger partial charge in [0.05, 0.1) is 18.9 Å². The summed E-state index contributed by atoms with van der Waals surface area (Å²) in [6, 6.07) is 9.33. The molecule has 1 aromatic carbocycles. The third-order valence-electron chi connectivity index (χ3n) is 4.29. The van der Waals surface area contributed by atoms with Crippen LogP contribution in [0.25, 0.3) is 17.1 Å². The van der Waals surface area contributed by atoms with Crippen LogP contribution in [0.5, 0.6) is 0 Å². The van der Waals surface area contributed by atoms with Gasteiger partial charge in [-0.05, 0) is 11.6 Å². The van der Waals surface area contributed by atoms with Gasteiger partial charge < -0.3 is 5.73 Å². The Morgan fingerprint density at radius 2 is 2.07 bits per heavy atom. The number of aryl methyl sites for hydroxylation is 1. The molecule has 0 fully saturated rings. The van der Waals surface area contributed by atoms with Crippen LogP contribution in [0.3, 0.4) is 0 Å². The zero-order chi connectivity index (χ0) is 19.5. The molecule has 0 bridgehead atoms. The van der Waals surface area contributed by atoms with Crippen molar-refractivity contribution in [1.29, 1.82) is 0 Å². The predicted octanol–water partition coefficient (Wildman–Crippen LogP) is 0.774. The molecule has 4 aromatic rings. The second kappa shape index (κ2) is 7.57. The summed E-state index contributed by atoms with van der Waals surface area (Å²) in [6.45, 7) is 1.13. The first-order valence-electron chi connectivity index (χ1n) is 8.89. The van der Waals surface area contributed by atoms with Gasteiger partial charge in [-0.25, -0.2) is 9.67 Å². The zero-order valence-electron chi connectivity index (χ0n) is 15.4. The molecule has 0 aliphatic heterocycles. The molecule has 2 N–H and O–H groups in total. The average molecular weight is 376 g/mol. The highest BCUT2D eigenvalue weighted by Crippen LogP contribution is 2.17. The molecule has 28 heavy (non-hydrogen) atoms. The highest BCUT2D eigenvalue weighted by Gasteiger charge is 2.09. The van der Waals surface area contributed by atoms with E-state index in [0.29, 0.717) is 31.0 Å². The Morgan fingerprint density at radius 1 is 1.18 bits per heavy atom. The number of rotatable bonds is 6. The van der Waals surface area contributed by atoms with Crippen molar-refractivity contribution >= 4 is 0 Å². The lowest BCUT2D eigenvalue weighted by molar-refractivity contribution is 0.625. The highest BCUT2D eigenvalue weighted by atomic mass is 16.1. The number of hydrogen-bond acceptors (Lipinski definition) is 6. The van der Waals surface area contributed by atoms with Crippen molar-refractivity contribution in [2.45, 2.75) is 13.0 Å². The molecule has 9 heteroatoms. The zero-order valence-corrected chi connectivity index (χ0v) is 15.4. The average Bonchev–Trinajstić information content (AvgIpc) is 3.33. The van der Waals surface area contributed by atoms with E-state index in [1.165, 1.54) is 6.07 Å². The van der Waals surface area contributed by atoms with Gasteiger partial charge in [-0.1, -0.05) is 18.2 Å². The topological polar surface area (TPSA) is 109 Å². The molecule has 0 aliphatic carbocycles. The number of aromatic nitrogens is 7. The Kier molecular flexibility index (Phi) is 4.81. The lowest BCUT2D eigenvalue weighted by Gasteiger charge is -2.06. The molecule has 0 aliphatic rings. The van der Waals surface area contributed by atoms with E-state index >= 15 is 0 Å². The molecule has 3 aromatic heterocycles. The Labute approximate surface area is 161 Å². The van der Waals surface area contributed by atoms with Crippen LogP contribution in [-0.2, 0) is 20.0 Å². The van der Waals surface area contributed by atoms with E-state index in [9.17, 15) is 4.79 Å². The van der Waals surface area contributed by atoms with Crippen LogP contribution in [0, 0.1) is 0 Å². The predicted molar refractivity (Wildman–Crippen MR) is 104 cm³/mol. The van der Waals surface area contributed by atoms with E-state index in [1.807, 2.05) is 37.5 Å². The minimum atomic E-state index is -0.101. The number of nitrogens with two attached hydrogens (primary N) is 1. The lowest BCUT2D eigenvalue weighted by atomic mass is 10.1. The van der Waals surface area contributed by atoms with Gasteiger partial charge in [0, 0.05) is 37.8 Å². The summed E-state index contributed by atoms with van der Waals surface area (Å²) in [5.74, 6) is 0.629. The largest absolute Gasteiger partial charge is 0.329 e. The fraction of sp³-hybridized carbons (Fsp3) is 0.211. The summed E-state index contributed by atoms with van der Waals surface area (Å²) in [5.41, 5.74) is 8.56. The first-order valence-corrected chi connectivity index (χ1v) is 8.89. The van der Waals surface area contributed by atoms with Crippen molar-refractivity contribution < 1.29 is 0 Å². The van der Waals surface area contributed by atoms with Crippen LogP contribution in [0.4, 0.5) is 0 Å². The van der Waals surface area contributed by atoms with Gasteiger partial charge in [-0.2, -0.15) is 15.3 Å². The van der Waals surface area contributed by atoms with Gasteiger partial charge in [-0.3, -0.25) is 14.2 Å². The smallest absolute Gasteiger partial charge is 0.203 e. The van der Waals surface area contributed by atoms with Crippen molar-refractivity contribution in [3.05, 3.63) is 76.7 Å². The first-order chi connectivity index (χ1) is 13.6.